The Labute approximate surface area is 99.6 Å². The van der Waals surface area contributed by atoms with Crippen molar-refractivity contribution in [2.24, 2.45) is 5.92 Å². The van der Waals surface area contributed by atoms with Gasteiger partial charge in [0.15, 0.2) is 0 Å². The van der Waals surface area contributed by atoms with Gasteiger partial charge in [0, 0.05) is 25.2 Å². The van der Waals surface area contributed by atoms with Crippen molar-refractivity contribution >= 4 is 5.91 Å². The molecule has 0 saturated carbocycles. The lowest BCUT2D eigenvalue weighted by molar-refractivity contribution is -0.138. The highest BCUT2D eigenvalue weighted by molar-refractivity contribution is 5.79. The first-order valence-corrected chi connectivity index (χ1v) is 6.60. The third kappa shape index (κ3) is 3.48. The lowest BCUT2D eigenvalue weighted by atomic mass is 9.94. The summed E-state index contributed by atoms with van der Waals surface area (Å²) in [6.07, 6.45) is 3.20. The number of piperidine rings is 1. The number of amides is 1. The molecule has 1 saturated heterocycles. The summed E-state index contributed by atoms with van der Waals surface area (Å²) in [5, 5.41) is 3.40. The van der Waals surface area contributed by atoms with Gasteiger partial charge >= 0.3 is 0 Å². The van der Waals surface area contributed by atoms with Gasteiger partial charge in [-0.05, 0) is 40.0 Å². The van der Waals surface area contributed by atoms with Gasteiger partial charge in [-0.1, -0.05) is 6.92 Å². The van der Waals surface area contributed by atoms with Crippen molar-refractivity contribution in [3.05, 3.63) is 0 Å². The molecule has 1 amide bonds. The van der Waals surface area contributed by atoms with Crippen LogP contribution in [0.15, 0.2) is 0 Å². The zero-order valence-corrected chi connectivity index (χ0v) is 11.1. The molecule has 0 aromatic rings. The second-order valence-corrected chi connectivity index (χ2v) is 5.21. The van der Waals surface area contributed by atoms with E-state index in [1.807, 2.05) is 4.90 Å². The summed E-state index contributed by atoms with van der Waals surface area (Å²) in [5.41, 5.74) is 0. The van der Waals surface area contributed by atoms with Gasteiger partial charge in [-0.2, -0.15) is 0 Å². The molecule has 0 radical (unpaired) electrons. The molecule has 94 valence electrons. The van der Waals surface area contributed by atoms with E-state index in [0.29, 0.717) is 18.0 Å². The Kier molecular flexibility index (Phi) is 5.26. The van der Waals surface area contributed by atoms with Crippen LogP contribution in [0.25, 0.3) is 0 Å². The van der Waals surface area contributed by atoms with E-state index < -0.39 is 0 Å². The summed E-state index contributed by atoms with van der Waals surface area (Å²) in [6.45, 7) is 10.3. The lowest BCUT2D eigenvalue weighted by Crippen LogP contribution is -2.48. The molecule has 1 heterocycles. The average Bonchev–Trinajstić information content (AvgIpc) is 2.25. The average molecular weight is 226 g/mol. The van der Waals surface area contributed by atoms with E-state index in [2.05, 4.69) is 33.0 Å². The van der Waals surface area contributed by atoms with Gasteiger partial charge in [0.25, 0.3) is 0 Å². The molecule has 1 fully saturated rings. The fourth-order valence-corrected chi connectivity index (χ4v) is 2.31. The Bertz CT molecular complexity index is 220. The summed E-state index contributed by atoms with van der Waals surface area (Å²) in [4.78, 5) is 14.4. The van der Waals surface area contributed by atoms with E-state index >= 15 is 0 Å². The Hall–Kier alpha value is -0.570. The monoisotopic (exact) mass is 226 g/mol. The maximum Gasteiger partial charge on any atom is 0.227 e. The fourth-order valence-electron chi connectivity index (χ4n) is 2.31. The molecule has 16 heavy (non-hydrogen) atoms. The predicted molar refractivity (Wildman–Crippen MR) is 67.3 cm³/mol. The summed E-state index contributed by atoms with van der Waals surface area (Å²) >= 11 is 0. The zero-order valence-electron chi connectivity index (χ0n) is 11.1. The molecule has 0 bridgehead atoms. The molecular weight excluding hydrogens is 200 g/mol. The Morgan fingerprint density at radius 1 is 1.44 bits per heavy atom. The standard InChI is InChI=1S/C13H26N2O/c1-5-8-15(10(2)3)13(16)12-7-6-11(4)14-9-12/h10-12,14H,5-9H2,1-4H3. The number of nitrogens with one attached hydrogen (secondary N) is 1. The molecule has 0 aromatic heterocycles. The van der Waals surface area contributed by atoms with Gasteiger partial charge in [0.1, 0.15) is 0 Å². The Morgan fingerprint density at radius 2 is 2.12 bits per heavy atom. The fraction of sp³-hybridized carbons (Fsp3) is 0.923. The van der Waals surface area contributed by atoms with Gasteiger partial charge in [-0.25, -0.2) is 0 Å². The minimum atomic E-state index is 0.199. The van der Waals surface area contributed by atoms with Crippen molar-refractivity contribution in [2.45, 2.75) is 59.0 Å². The summed E-state index contributed by atoms with van der Waals surface area (Å²) < 4.78 is 0. The molecule has 3 heteroatoms. The molecule has 2 unspecified atom stereocenters. The second-order valence-electron chi connectivity index (χ2n) is 5.21. The minimum absolute atomic E-state index is 0.199. The number of carbonyl (C=O) groups is 1. The van der Waals surface area contributed by atoms with E-state index in [-0.39, 0.29) is 5.92 Å². The maximum atomic E-state index is 12.3. The van der Waals surface area contributed by atoms with E-state index in [1.54, 1.807) is 0 Å². The van der Waals surface area contributed by atoms with E-state index in [1.165, 1.54) is 0 Å². The zero-order chi connectivity index (χ0) is 12.1. The lowest BCUT2D eigenvalue weighted by Gasteiger charge is -2.34. The third-order valence-corrected chi connectivity index (χ3v) is 3.38. The second kappa shape index (κ2) is 6.24. The van der Waals surface area contributed by atoms with Crippen LogP contribution in [-0.4, -0.2) is 36.0 Å². The summed E-state index contributed by atoms with van der Waals surface area (Å²) in [5.74, 6) is 0.543. The number of nitrogens with zero attached hydrogens (tertiary/aromatic N) is 1. The first kappa shape index (κ1) is 13.5. The molecule has 0 spiro atoms. The first-order valence-electron chi connectivity index (χ1n) is 6.60. The molecule has 1 aliphatic rings. The quantitative estimate of drug-likeness (QED) is 0.795. The van der Waals surface area contributed by atoms with Gasteiger partial charge in [-0.15, -0.1) is 0 Å². The number of hydrogen-bond donors (Lipinski definition) is 1. The van der Waals surface area contributed by atoms with Crippen molar-refractivity contribution in [1.29, 1.82) is 0 Å². The molecule has 1 aliphatic heterocycles. The molecule has 2 atom stereocenters. The number of carbonyl (C=O) groups excluding carboxylic acids is 1. The van der Waals surface area contributed by atoms with E-state index in [0.717, 1.165) is 32.4 Å². The van der Waals surface area contributed by atoms with Crippen LogP contribution in [0.2, 0.25) is 0 Å². The maximum absolute atomic E-state index is 12.3. The van der Waals surface area contributed by atoms with Crippen LogP contribution in [0.3, 0.4) is 0 Å². The van der Waals surface area contributed by atoms with Gasteiger partial charge < -0.3 is 10.2 Å². The Morgan fingerprint density at radius 3 is 2.56 bits per heavy atom. The predicted octanol–water partition coefficient (Wildman–Crippen LogP) is 2.02. The van der Waals surface area contributed by atoms with Crippen LogP contribution in [-0.2, 0) is 4.79 Å². The highest BCUT2D eigenvalue weighted by Gasteiger charge is 2.28. The van der Waals surface area contributed by atoms with Gasteiger partial charge in [-0.3, -0.25) is 4.79 Å². The smallest absolute Gasteiger partial charge is 0.227 e. The molecule has 1 rings (SSSR count). The summed E-state index contributed by atoms with van der Waals surface area (Å²) in [7, 11) is 0. The number of rotatable bonds is 4. The van der Waals surface area contributed by atoms with Crippen molar-refractivity contribution in [3.63, 3.8) is 0 Å². The van der Waals surface area contributed by atoms with Crippen LogP contribution in [0.4, 0.5) is 0 Å². The normalized spacial score (nSPS) is 25.8. The molecule has 1 N–H and O–H groups in total. The van der Waals surface area contributed by atoms with Crippen LogP contribution in [0.5, 0.6) is 0 Å². The van der Waals surface area contributed by atoms with Crippen LogP contribution < -0.4 is 5.32 Å². The van der Waals surface area contributed by atoms with Crippen LogP contribution in [0.1, 0.15) is 47.0 Å². The largest absolute Gasteiger partial charge is 0.340 e. The minimum Gasteiger partial charge on any atom is -0.340 e. The summed E-state index contributed by atoms with van der Waals surface area (Å²) in [6, 6.07) is 0.898. The van der Waals surface area contributed by atoms with Gasteiger partial charge in [0.05, 0.1) is 5.92 Å². The highest BCUT2D eigenvalue weighted by Crippen LogP contribution is 2.18. The highest BCUT2D eigenvalue weighted by atomic mass is 16.2. The van der Waals surface area contributed by atoms with Crippen molar-refractivity contribution in [1.82, 2.24) is 10.2 Å². The van der Waals surface area contributed by atoms with Crippen molar-refractivity contribution in [3.8, 4) is 0 Å². The molecule has 0 aromatic carbocycles. The van der Waals surface area contributed by atoms with Crippen molar-refractivity contribution in [2.75, 3.05) is 13.1 Å². The van der Waals surface area contributed by atoms with Gasteiger partial charge in [0.2, 0.25) is 5.91 Å². The van der Waals surface area contributed by atoms with Crippen molar-refractivity contribution < 1.29 is 4.79 Å². The topological polar surface area (TPSA) is 32.3 Å². The SMILES string of the molecule is CCCN(C(=O)C1CCC(C)NC1)C(C)C. The van der Waals surface area contributed by atoms with E-state index in [9.17, 15) is 4.79 Å². The first-order chi connectivity index (χ1) is 7.56. The third-order valence-electron chi connectivity index (χ3n) is 3.38. The van der Waals surface area contributed by atoms with E-state index in [4.69, 9.17) is 0 Å². The Balaban J connectivity index is 2.53. The van der Waals surface area contributed by atoms with Crippen LogP contribution >= 0.6 is 0 Å². The molecule has 3 nitrogen and oxygen atoms in total. The molecule has 0 aliphatic carbocycles. The number of hydrogen-bond acceptors (Lipinski definition) is 2. The molecular formula is C13H26N2O. The van der Waals surface area contributed by atoms with Crippen LogP contribution in [0, 0.1) is 5.92 Å².